The molecule has 0 aliphatic heterocycles. The quantitative estimate of drug-likeness (QED) is 0.233. The summed E-state index contributed by atoms with van der Waals surface area (Å²) in [6, 6.07) is 5.61. The second-order valence-electron chi connectivity index (χ2n) is 7.60. The van der Waals surface area contributed by atoms with Gasteiger partial charge in [-0.25, -0.2) is 10.2 Å². The number of hydrogen-bond donors (Lipinski definition) is 2. The Morgan fingerprint density at radius 2 is 1.97 bits per heavy atom. The van der Waals surface area contributed by atoms with Crippen molar-refractivity contribution in [1.29, 1.82) is 0 Å². The summed E-state index contributed by atoms with van der Waals surface area (Å²) < 4.78 is 9.40. The van der Waals surface area contributed by atoms with Gasteiger partial charge < -0.3 is 9.30 Å². The molecule has 3 aromatic rings. The van der Waals surface area contributed by atoms with Crippen molar-refractivity contribution >= 4 is 39.3 Å². The van der Waals surface area contributed by atoms with Gasteiger partial charge in [-0.15, -0.1) is 0 Å². The second kappa shape index (κ2) is 11.1. The van der Waals surface area contributed by atoms with Gasteiger partial charge in [-0.05, 0) is 24.6 Å². The van der Waals surface area contributed by atoms with E-state index in [2.05, 4.69) is 43.3 Å². The van der Waals surface area contributed by atoms with Crippen LogP contribution in [0.5, 0.6) is 5.75 Å². The third-order valence-corrected chi connectivity index (χ3v) is 5.80. The molecule has 9 nitrogen and oxygen atoms in total. The first kappa shape index (κ1) is 23.8. The number of benzene rings is 1. The molecule has 2 heterocycles. The summed E-state index contributed by atoms with van der Waals surface area (Å²) in [5, 5.41) is 4.31. The number of ether oxygens (including phenoxy) is 1. The Morgan fingerprint density at radius 3 is 2.72 bits per heavy atom. The van der Waals surface area contributed by atoms with E-state index in [-0.39, 0.29) is 0 Å². The van der Waals surface area contributed by atoms with Crippen LogP contribution in [0, 0.1) is 0 Å². The Balaban J connectivity index is 1.89. The van der Waals surface area contributed by atoms with Crippen molar-refractivity contribution in [3.05, 3.63) is 49.1 Å². The minimum Gasteiger partial charge on any atom is -0.496 e. The molecule has 0 spiro atoms. The topological polar surface area (TPSA) is 106 Å². The van der Waals surface area contributed by atoms with Crippen LogP contribution in [0.4, 0.5) is 5.95 Å². The monoisotopic (exact) mass is 504 g/mol. The lowest BCUT2D eigenvalue weighted by molar-refractivity contribution is 0.414. The van der Waals surface area contributed by atoms with Crippen molar-refractivity contribution in [2.75, 3.05) is 12.5 Å². The number of hydrazone groups is 1. The molecule has 10 heteroatoms. The molecule has 2 aromatic heterocycles. The number of halogens is 1. The van der Waals surface area contributed by atoms with E-state index in [0.717, 1.165) is 29.3 Å². The lowest BCUT2D eigenvalue weighted by Gasteiger charge is -2.08. The molecule has 0 bridgehead atoms. The molecule has 172 valence electrons. The van der Waals surface area contributed by atoms with Crippen LogP contribution >= 0.6 is 15.9 Å². The summed E-state index contributed by atoms with van der Waals surface area (Å²) in [5.74, 6) is 1.09. The molecule has 0 saturated heterocycles. The predicted molar refractivity (Wildman–Crippen MR) is 131 cm³/mol. The van der Waals surface area contributed by atoms with E-state index in [9.17, 15) is 9.59 Å². The Hall–Kier alpha value is -2.88. The van der Waals surface area contributed by atoms with Gasteiger partial charge in [0.1, 0.15) is 5.75 Å². The third kappa shape index (κ3) is 5.48. The SMILES string of the molecule is CCCCCCCCn1c(N/N=C/c2cc(Br)ccc2OC)nc2c1c(=O)[nH]c(=O)n2C. The zero-order chi connectivity index (χ0) is 23.1. The molecule has 0 atom stereocenters. The number of hydrogen-bond acceptors (Lipinski definition) is 6. The highest BCUT2D eigenvalue weighted by molar-refractivity contribution is 9.10. The van der Waals surface area contributed by atoms with Gasteiger partial charge in [0.15, 0.2) is 11.2 Å². The molecule has 0 radical (unpaired) electrons. The fourth-order valence-corrected chi connectivity index (χ4v) is 3.93. The number of aryl methyl sites for hydroxylation is 2. The highest BCUT2D eigenvalue weighted by Gasteiger charge is 2.17. The first-order chi connectivity index (χ1) is 15.5. The maximum atomic E-state index is 12.6. The molecule has 0 aliphatic rings. The number of aromatic amines is 1. The number of anilines is 1. The molecule has 0 aliphatic carbocycles. The number of methoxy groups -OCH3 is 1. The van der Waals surface area contributed by atoms with Crippen LogP contribution in [0.15, 0.2) is 37.4 Å². The molecule has 1 aromatic carbocycles. The molecule has 0 saturated carbocycles. The average Bonchev–Trinajstić information content (AvgIpc) is 3.14. The van der Waals surface area contributed by atoms with Crippen LogP contribution in [0.3, 0.4) is 0 Å². The smallest absolute Gasteiger partial charge is 0.329 e. The van der Waals surface area contributed by atoms with Crippen molar-refractivity contribution in [3.63, 3.8) is 0 Å². The van der Waals surface area contributed by atoms with Crippen LogP contribution < -0.4 is 21.4 Å². The zero-order valence-corrected chi connectivity index (χ0v) is 20.2. The number of nitrogens with one attached hydrogen (secondary N) is 2. The molecule has 2 N–H and O–H groups in total. The van der Waals surface area contributed by atoms with E-state index in [1.807, 2.05) is 18.2 Å². The van der Waals surface area contributed by atoms with Gasteiger partial charge in [0.05, 0.1) is 13.3 Å². The fourth-order valence-electron chi connectivity index (χ4n) is 3.55. The van der Waals surface area contributed by atoms with Crippen molar-refractivity contribution in [2.45, 2.75) is 52.0 Å². The summed E-state index contributed by atoms with van der Waals surface area (Å²) in [6.07, 6.45) is 8.37. The van der Waals surface area contributed by atoms with Gasteiger partial charge >= 0.3 is 5.69 Å². The first-order valence-corrected chi connectivity index (χ1v) is 11.6. The molecule has 0 amide bonds. The van der Waals surface area contributed by atoms with E-state index in [4.69, 9.17) is 4.74 Å². The number of rotatable bonds is 11. The van der Waals surface area contributed by atoms with Crippen molar-refractivity contribution in [2.24, 2.45) is 12.1 Å². The Kier molecular flexibility index (Phi) is 8.26. The summed E-state index contributed by atoms with van der Waals surface area (Å²) in [4.78, 5) is 31.4. The van der Waals surface area contributed by atoms with E-state index < -0.39 is 11.2 Å². The predicted octanol–water partition coefficient (Wildman–Crippen LogP) is 4.00. The summed E-state index contributed by atoms with van der Waals surface area (Å²) in [6.45, 7) is 2.79. The van der Waals surface area contributed by atoms with Gasteiger partial charge in [-0.2, -0.15) is 10.1 Å². The Morgan fingerprint density at radius 1 is 1.22 bits per heavy atom. The van der Waals surface area contributed by atoms with Crippen LogP contribution in [0.25, 0.3) is 11.2 Å². The number of unbranched alkanes of at least 4 members (excludes halogenated alkanes) is 5. The van der Waals surface area contributed by atoms with Crippen molar-refractivity contribution in [1.82, 2.24) is 19.1 Å². The Bertz CT molecular complexity index is 1210. The molecule has 0 fully saturated rings. The van der Waals surface area contributed by atoms with Gasteiger partial charge in [0.25, 0.3) is 5.56 Å². The highest BCUT2D eigenvalue weighted by atomic mass is 79.9. The third-order valence-electron chi connectivity index (χ3n) is 5.30. The number of nitrogens with zero attached hydrogens (tertiary/aromatic N) is 4. The van der Waals surface area contributed by atoms with E-state index in [1.165, 1.54) is 23.8 Å². The summed E-state index contributed by atoms with van der Waals surface area (Å²) in [5.41, 5.74) is 3.45. The first-order valence-electron chi connectivity index (χ1n) is 10.8. The molecule has 0 unspecified atom stereocenters. The van der Waals surface area contributed by atoms with Crippen molar-refractivity contribution < 1.29 is 4.74 Å². The highest BCUT2D eigenvalue weighted by Crippen LogP contribution is 2.22. The molecular weight excluding hydrogens is 476 g/mol. The van der Waals surface area contributed by atoms with Crippen LogP contribution in [0.2, 0.25) is 0 Å². The number of imidazole rings is 1. The largest absolute Gasteiger partial charge is 0.496 e. The van der Waals surface area contributed by atoms with E-state index in [1.54, 1.807) is 24.9 Å². The van der Waals surface area contributed by atoms with Gasteiger partial charge in [-0.3, -0.25) is 14.3 Å². The van der Waals surface area contributed by atoms with Crippen molar-refractivity contribution in [3.8, 4) is 5.75 Å². The fraction of sp³-hybridized carbons (Fsp3) is 0.455. The molecule has 32 heavy (non-hydrogen) atoms. The molecular formula is C22H29BrN6O3. The minimum absolute atomic E-state index is 0.322. The lowest BCUT2D eigenvalue weighted by atomic mass is 10.1. The van der Waals surface area contributed by atoms with Gasteiger partial charge in [0.2, 0.25) is 5.95 Å². The second-order valence-corrected chi connectivity index (χ2v) is 8.52. The normalized spacial score (nSPS) is 11.5. The number of aromatic nitrogens is 4. The number of fused-ring (bicyclic) bond motifs is 1. The van der Waals surface area contributed by atoms with Gasteiger partial charge in [-0.1, -0.05) is 55.0 Å². The maximum Gasteiger partial charge on any atom is 0.329 e. The van der Waals surface area contributed by atoms with E-state index >= 15 is 0 Å². The summed E-state index contributed by atoms with van der Waals surface area (Å²) >= 11 is 3.45. The van der Waals surface area contributed by atoms with Crippen LogP contribution in [-0.2, 0) is 13.6 Å². The van der Waals surface area contributed by atoms with Crippen LogP contribution in [-0.4, -0.2) is 32.4 Å². The Labute approximate surface area is 194 Å². The lowest BCUT2D eigenvalue weighted by Crippen LogP contribution is -2.29. The average molecular weight is 505 g/mol. The zero-order valence-electron chi connectivity index (χ0n) is 18.7. The maximum absolute atomic E-state index is 12.6. The standard InChI is InChI=1S/C22H29BrN6O3/c1-4-5-6-7-8-9-12-29-18-19(28(2)22(31)26-20(18)30)25-21(29)27-24-14-15-13-16(23)10-11-17(15)32-3/h10-11,13-14H,4-9,12H2,1-3H3,(H,25,27)(H,26,30,31)/b24-14+. The summed E-state index contributed by atoms with van der Waals surface area (Å²) in [7, 11) is 3.18. The number of H-pyrrole nitrogens is 1. The van der Waals surface area contributed by atoms with E-state index in [0.29, 0.717) is 29.4 Å². The van der Waals surface area contributed by atoms with Gasteiger partial charge in [0, 0.05) is 23.6 Å². The van der Waals surface area contributed by atoms with Crippen LogP contribution in [0.1, 0.15) is 51.0 Å². The molecule has 3 rings (SSSR count). The minimum atomic E-state index is -0.499.